The molecule has 10 rings (SSSR count). The molecule has 0 saturated carbocycles. The lowest BCUT2D eigenvalue weighted by Gasteiger charge is -2.21. The summed E-state index contributed by atoms with van der Waals surface area (Å²) in [6.07, 6.45) is 0. The molecule has 10 aromatic rings. The molecule has 0 aliphatic heterocycles. The molecular weight excluding hydrogens is 593 g/mol. The van der Waals surface area contributed by atoms with E-state index in [1.165, 1.54) is 76.8 Å². The highest BCUT2D eigenvalue weighted by Crippen LogP contribution is 2.48. The van der Waals surface area contributed by atoms with Crippen LogP contribution in [0.3, 0.4) is 0 Å². The third-order valence-corrected chi connectivity index (χ3v) is 10.1. The molecule has 0 atom stereocenters. The average molecular weight is 623 g/mol. The maximum absolute atomic E-state index is 6.19. The summed E-state index contributed by atoms with van der Waals surface area (Å²) in [5.41, 5.74) is 11.7. The Bertz CT molecular complexity index is 2820. The quantitative estimate of drug-likeness (QED) is 0.178. The van der Waals surface area contributed by atoms with E-state index in [2.05, 4.69) is 170 Å². The van der Waals surface area contributed by atoms with Gasteiger partial charge in [-0.3, -0.25) is 0 Å². The Morgan fingerprint density at radius 1 is 0.265 bits per heavy atom. The second-order valence-electron chi connectivity index (χ2n) is 12.8. The van der Waals surface area contributed by atoms with Gasteiger partial charge in [0.25, 0.3) is 0 Å². The maximum atomic E-state index is 6.19. The molecular formula is C48H30O. The molecule has 228 valence electrons. The van der Waals surface area contributed by atoms with Crippen LogP contribution in [0.2, 0.25) is 0 Å². The molecule has 0 radical (unpaired) electrons. The molecule has 9 aromatic carbocycles. The van der Waals surface area contributed by atoms with E-state index >= 15 is 0 Å². The standard InChI is InChI=1S/C48H30O/c1-2-14-31(15-3-1)35-17-6-7-20-38(35)47-39-21-8-10-23-41(39)48(42-24-11-9-22-40(42)47)44-30-34(28-33-16-4-5-18-36(33)44)32-26-27-46-43(29-32)37-19-12-13-25-45(37)49-46/h1-30H. The van der Waals surface area contributed by atoms with E-state index in [9.17, 15) is 0 Å². The minimum absolute atomic E-state index is 0.911. The third kappa shape index (κ3) is 4.40. The monoisotopic (exact) mass is 622 g/mol. The second-order valence-corrected chi connectivity index (χ2v) is 12.8. The molecule has 1 nitrogen and oxygen atoms in total. The van der Waals surface area contributed by atoms with Gasteiger partial charge in [0, 0.05) is 10.8 Å². The Hall–Kier alpha value is -6.44. The Balaban J connectivity index is 1.29. The molecule has 0 unspecified atom stereocenters. The zero-order valence-electron chi connectivity index (χ0n) is 26.7. The molecule has 1 heteroatoms. The summed E-state index contributed by atoms with van der Waals surface area (Å²) in [7, 11) is 0. The fourth-order valence-corrected chi connectivity index (χ4v) is 7.87. The van der Waals surface area contributed by atoms with Gasteiger partial charge in [0.15, 0.2) is 0 Å². The first-order valence-electron chi connectivity index (χ1n) is 16.8. The predicted molar refractivity (Wildman–Crippen MR) is 208 cm³/mol. The Kier molecular flexibility index (Phi) is 6.25. The Labute approximate surface area is 284 Å². The van der Waals surface area contributed by atoms with Gasteiger partial charge < -0.3 is 4.42 Å². The van der Waals surface area contributed by atoms with Crippen LogP contribution in [0.15, 0.2) is 186 Å². The van der Waals surface area contributed by atoms with Crippen molar-refractivity contribution in [3.63, 3.8) is 0 Å². The summed E-state index contributed by atoms with van der Waals surface area (Å²) >= 11 is 0. The summed E-state index contributed by atoms with van der Waals surface area (Å²) in [5, 5.41) is 9.74. The minimum Gasteiger partial charge on any atom is -0.456 e. The number of benzene rings is 9. The number of furan rings is 1. The van der Waals surface area contributed by atoms with Crippen LogP contribution in [0, 0.1) is 0 Å². The van der Waals surface area contributed by atoms with Gasteiger partial charge in [0.05, 0.1) is 0 Å². The van der Waals surface area contributed by atoms with Crippen molar-refractivity contribution in [3.8, 4) is 44.5 Å². The fourth-order valence-electron chi connectivity index (χ4n) is 7.87. The largest absolute Gasteiger partial charge is 0.456 e. The zero-order chi connectivity index (χ0) is 32.3. The van der Waals surface area contributed by atoms with E-state index < -0.39 is 0 Å². The lowest BCUT2D eigenvalue weighted by atomic mass is 9.82. The Morgan fingerprint density at radius 2 is 0.796 bits per heavy atom. The SMILES string of the molecule is c1ccc(-c2ccccc2-c2c3ccccc3c(-c3cc(-c4ccc5oc6ccccc6c5c4)cc4ccccc34)c3ccccc23)cc1. The average Bonchev–Trinajstić information content (AvgIpc) is 3.55. The van der Waals surface area contributed by atoms with Crippen molar-refractivity contribution in [1.82, 2.24) is 0 Å². The second kappa shape index (κ2) is 11.1. The highest BCUT2D eigenvalue weighted by atomic mass is 16.3. The Morgan fingerprint density at radius 3 is 1.51 bits per heavy atom. The van der Waals surface area contributed by atoms with Crippen molar-refractivity contribution >= 4 is 54.3 Å². The first kappa shape index (κ1) is 27.7. The summed E-state index contributed by atoms with van der Waals surface area (Å²) in [6.45, 7) is 0. The molecule has 0 saturated heterocycles. The molecule has 49 heavy (non-hydrogen) atoms. The number of fused-ring (bicyclic) bond motifs is 6. The van der Waals surface area contributed by atoms with Crippen LogP contribution in [0.4, 0.5) is 0 Å². The molecule has 0 amide bonds. The number of hydrogen-bond donors (Lipinski definition) is 0. The maximum Gasteiger partial charge on any atom is 0.135 e. The van der Waals surface area contributed by atoms with E-state index in [-0.39, 0.29) is 0 Å². The van der Waals surface area contributed by atoms with Crippen LogP contribution in [0.1, 0.15) is 0 Å². The van der Waals surface area contributed by atoms with Gasteiger partial charge in [-0.25, -0.2) is 0 Å². The third-order valence-electron chi connectivity index (χ3n) is 10.1. The van der Waals surface area contributed by atoms with Crippen molar-refractivity contribution in [3.05, 3.63) is 182 Å². The van der Waals surface area contributed by atoms with Gasteiger partial charge in [-0.15, -0.1) is 0 Å². The molecule has 0 N–H and O–H groups in total. The highest BCUT2D eigenvalue weighted by Gasteiger charge is 2.20. The van der Waals surface area contributed by atoms with Gasteiger partial charge in [-0.1, -0.05) is 152 Å². The number of para-hydroxylation sites is 1. The van der Waals surface area contributed by atoms with Gasteiger partial charge in [0.1, 0.15) is 11.2 Å². The molecule has 0 fully saturated rings. The van der Waals surface area contributed by atoms with Gasteiger partial charge in [-0.2, -0.15) is 0 Å². The lowest BCUT2D eigenvalue weighted by molar-refractivity contribution is 0.669. The number of hydrogen-bond acceptors (Lipinski definition) is 1. The van der Waals surface area contributed by atoms with Gasteiger partial charge >= 0.3 is 0 Å². The normalized spacial score (nSPS) is 11.7. The van der Waals surface area contributed by atoms with Crippen LogP contribution in [0.5, 0.6) is 0 Å². The smallest absolute Gasteiger partial charge is 0.135 e. The van der Waals surface area contributed by atoms with Gasteiger partial charge in [-0.05, 0) is 107 Å². The zero-order valence-corrected chi connectivity index (χ0v) is 26.7. The minimum atomic E-state index is 0.911. The van der Waals surface area contributed by atoms with Crippen molar-refractivity contribution in [2.75, 3.05) is 0 Å². The predicted octanol–water partition coefficient (Wildman–Crippen LogP) is 13.7. The molecule has 1 aromatic heterocycles. The van der Waals surface area contributed by atoms with Crippen molar-refractivity contribution in [2.45, 2.75) is 0 Å². The highest BCUT2D eigenvalue weighted by molar-refractivity contribution is 6.24. The van der Waals surface area contributed by atoms with Crippen LogP contribution < -0.4 is 0 Å². The van der Waals surface area contributed by atoms with Crippen LogP contribution in [-0.2, 0) is 0 Å². The topological polar surface area (TPSA) is 13.1 Å². The van der Waals surface area contributed by atoms with E-state index in [1.54, 1.807) is 0 Å². The molecule has 0 aliphatic carbocycles. The first-order chi connectivity index (χ1) is 24.3. The van der Waals surface area contributed by atoms with E-state index in [4.69, 9.17) is 4.42 Å². The molecule has 1 heterocycles. The number of rotatable bonds is 4. The summed E-state index contributed by atoms with van der Waals surface area (Å²) in [4.78, 5) is 0. The van der Waals surface area contributed by atoms with E-state index in [0.717, 1.165) is 21.9 Å². The van der Waals surface area contributed by atoms with Gasteiger partial charge in [0.2, 0.25) is 0 Å². The summed E-state index contributed by atoms with van der Waals surface area (Å²) in [6, 6.07) is 65.9. The van der Waals surface area contributed by atoms with Crippen LogP contribution in [0.25, 0.3) is 98.8 Å². The molecule has 0 spiro atoms. The van der Waals surface area contributed by atoms with E-state index in [1.807, 2.05) is 12.1 Å². The fraction of sp³-hybridized carbons (Fsp3) is 0. The molecule has 0 aliphatic rings. The summed E-state index contributed by atoms with van der Waals surface area (Å²) in [5.74, 6) is 0. The summed E-state index contributed by atoms with van der Waals surface area (Å²) < 4.78 is 6.19. The van der Waals surface area contributed by atoms with Crippen molar-refractivity contribution in [1.29, 1.82) is 0 Å². The van der Waals surface area contributed by atoms with Crippen LogP contribution >= 0.6 is 0 Å². The molecule has 0 bridgehead atoms. The van der Waals surface area contributed by atoms with E-state index in [0.29, 0.717) is 0 Å². The van der Waals surface area contributed by atoms with Crippen molar-refractivity contribution < 1.29 is 4.42 Å². The first-order valence-corrected chi connectivity index (χ1v) is 16.8. The van der Waals surface area contributed by atoms with Crippen LogP contribution in [-0.4, -0.2) is 0 Å². The lowest BCUT2D eigenvalue weighted by Crippen LogP contribution is -1.93. The van der Waals surface area contributed by atoms with Crippen molar-refractivity contribution in [2.24, 2.45) is 0 Å².